The summed E-state index contributed by atoms with van der Waals surface area (Å²) in [4.78, 5) is 31.4. The molecule has 2 aromatic rings. The number of carbonyl (C=O) groups excluding carboxylic acids is 2. The highest BCUT2D eigenvalue weighted by Gasteiger charge is 2.50. The van der Waals surface area contributed by atoms with Crippen molar-refractivity contribution in [3.63, 3.8) is 0 Å². The summed E-state index contributed by atoms with van der Waals surface area (Å²) in [5, 5.41) is 2.74. The van der Waals surface area contributed by atoms with E-state index in [0.717, 1.165) is 0 Å². The second-order valence-corrected chi connectivity index (χ2v) is 5.92. The maximum absolute atomic E-state index is 12.9. The summed E-state index contributed by atoms with van der Waals surface area (Å²) in [6, 6.07) is 10.3. The van der Waals surface area contributed by atoms with E-state index in [1.54, 1.807) is 42.6 Å². The molecule has 1 aliphatic heterocycles. The van der Waals surface area contributed by atoms with E-state index in [-0.39, 0.29) is 0 Å². The second kappa shape index (κ2) is 7.03. The number of nitrogens with one attached hydrogen (secondary N) is 1. The SMILES string of the molecule is CCOc1ccc(NC(=O)C2(C)Oc3cccnc3N(CC)C2=O)cc1. The number of nitrogens with zero attached hydrogens (tertiary/aromatic N) is 2. The Kier molecular flexibility index (Phi) is 4.79. The summed E-state index contributed by atoms with van der Waals surface area (Å²) in [6.07, 6.45) is 1.58. The van der Waals surface area contributed by atoms with E-state index in [0.29, 0.717) is 36.2 Å². The number of amides is 2. The van der Waals surface area contributed by atoms with Gasteiger partial charge in [0.1, 0.15) is 5.75 Å². The van der Waals surface area contributed by atoms with Crippen molar-refractivity contribution in [3.8, 4) is 11.5 Å². The average molecular weight is 355 g/mol. The van der Waals surface area contributed by atoms with Crippen LogP contribution in [0.3, 0.4) is 0 Å². The van der Waals surface area contributed by atoms with Crippen LogP contribution in [0.4, 0.5) is 11.5 Å². The third kappa shape index (κ3) is 3.08. The number of ether oxygens (including phenoxy) is 2. The third-order valence-electron chi connectivity index (χ3n) is 4.15. The highest BCUT2D eigenvalue weighted by Crippen LogP contribution is 2.36. The van der Waals surface area contributed by atoms with E-state index in [2.05, 4.69) is 10.3 Å². The van der Waals surface area contributed by atoms with Gasteiger partial charge in [-0.3, -0.25) is 14.5 Å². The first kappa shape index (κ1) is 17.7. The maximum atomic E-state index is 12.9. The molecule has 1 aromatic heterocycles. The van der Waals surface area contributed by atoms with Crippen molar-refractivity contribution in [3.05, 3.63) is 42.6 Å². The van der Waals surface area contributed by atoms with Gasteiger partial charge in [0.05, 0.1) is 6.61 Å². The van der Waals surface area contributed by atoms with Crippen molar-refractivity contribution < 1.29 is 19.1 Å². The molecule has 0 aliphatic carbocycles. The normalized spacial score (nSPS) is 18.7. The van der Waals surface area contributed by atoms with E-state index < -0.39 is 17.4 Å². The molecule has 1 aliphatic rings. The Bertz CT molecular complexity index is 822. The number of carbonyl (C=O) groups is 2. The molecule has 2 amide bonds. The molecule has 0 saturated heterocycles. The van der Waals surface area contributed by atoms with Crippen LogP contribution in [0.2, 0.25) is 0 Å². The number of likely N-dealkylation sites (N-methyl/N-ethyl adjacent to an activating group) is 1. The van der Waals surface area contributed by atoms with E-state index in [9.17, 15) is 9.59 Å². The van der Waals surface area contributed by atoms with Crippen molar-refractivity contribution in [1.29, 1.82) is 0 Å². The minimum absolute atomic E-state index is 0.387. The average Bonchev–Trinajstić information content (AvgIpc) is 2.64. The molecule has 0 saturated carbocycles. The summed E-state index contributed by atoms with van der Waals surface area (Å²) in [5.74, 6) is 0.540. The van der Waals surface area contributed by atoms with Crippen LogP contribution in [0.5, 0.6) is 11.5 Å². The Morgan fingerprint density at radius 1 is 1.27 bits per heavy atom. The zero-order valence-corrected chi connectivity index (χ0v) is 15.0. The molecular formula is C19H21N3O4. The highest BCUT2D eigenvalue weighted by atomic mass is 16.5. The van der Waals surface area contributed by atoms with Crippen LogP contribution in [-0.2, 0) is 9.59 Å². The quantitative estimate of drug-likeness (QED) is 0.834. The minimum atomic E-state index is -1.68. The minimum Gasteiger partial charge on any atom is -0.494 e. The Morgan fingerprint density at radius 2 is 2.00 bits per heavy atom. The molecule has 1 aromatic carbocycles. The van der Waals surface area contributed by atoms with Crippen molar-refractivity contribution in [2.24, 2.45) is 0 Å². The number of benzene rings is 1. The van der Waals surface area contributed by atoms with Gasteiger partial charge in [-0.25, -0.2) is 4.98 Å². The number of hydrogen-bond acceptors (Lipinski definition) is 5. The van der Waals surface area contributed by atoms with Crippen LogP contribution >= 0.6 is 0 Å². The summed E-state index contributed by atoms with van der Waals surface area (Å²) in [5.41, 5.74) is -1.12. The lowest BCUT2D eigenvalue weighted by Gasteiger charge is -2.38. The van der Waals surface area contributed by atoms with E-state index in [4.69, 9.17) is 9.47 Å². The first-order chi connectivity index (χ1) is 12.5. The lowest BCUT2D eigenvalue weighted by atomic mass is 10.0. The molecule has 0 radical (unpaired) electrons. The molecule has 3 rings (SSSR count). The molecular weight excluding hydrogens is 334 g/mol. The third-order valence-corrected chi connectivity index (χ3v) is 4.15. The van der Waals surface area contributed by atoms with E-state index >= 15 is 0 Å². The van der Waals surface area contributed by atoms with Gasteiger partial charge in [0, 0.05) is 18.4 Å². The van der Waals surface area contributed by atoms with Crippen LogP contribution in [0.1, 0.15) is 20.8 Å². The number of anilines is 2. The zero-order valence-electron chi connectivity index (χ0n) is 15.0. The van der Waals surface area contributed by atoms with Gasteiger partial charge in [-0.1, -0.05) is 0 Å². The number of pyridine rings is 1. The number of aromatic nitrogens is 1. The predicted molar refractivity (Wildman–Crippen MR) is 97.5 cm³/mol. The Balaban J connectivity index is 1.85. The summed E-state index contributed by atoms with van der Waals surface area (Å²) in [7, 11) is 0. The lowest BCUT2D eigenvalue weighted by Crippen LogP contribution is -2.60. The summed E-state index contributed by atoms with van der Waals surface area (Å²) < 4.78 is 11.2. The van der Waals surface area contributed by atoms with Gasteiger partial charge in [-0.2, -0.15) is 0 Å². The molecule has 0 spiro atoms. The topological polar surface area (TPSA) is 80.8 Å². The van der Waals surface area contributed by atoms with Gasteiger partial charge in [-0.05, 0) is 57.2 Å². The van der Waals surface area contributed by atoms with Crippen molar-refractivity contribution in [1.82, 2.24) is 4.98 Å². The highest BCUT2D eigenvalue weighted by molar-refractivity contribution is 6.19. The first-order valence-corrected chi connectivity index (χ1v) is 8.50. The smallest absolute Gasteiger partial charge is 0.282 e. The molecule has 1 unspecified atom stereocenters. The molecule has 0 bridgehead atoms. The second-order valence-electron chi connectivity index (χ2n) is 5.92. The van der Waals surface area contributed by atoms with Gasteiger partial charge < -0.3 is 14.8 Å². The fraction of sp³-hybridized carbons (Fsp3) is 0.316. The van der Waals surface area contributed by atoms with Crippen molar-refractivity contribution >= 4 is 23.3 Å². The fourth-order valence-electron chi connectivity index (χ4n) is 2.77. The molecule has 1 atom stereocenters. The monoisotopic (exact) mass is 355 g/mol. The Labute approximate surface area is 151 Å². The van der Waals surface area contributed by atoms with Gasteiger partial charge in [0.15, 0.2) is 11.6 Å². The van der Waals surface area contributed by atoms with Gasteiger partial charge in [0.2, 0.25) is 0 Å². The summed E-state index contributed by atoms with van der Waals surface area (Å²) >= 11 is 0. The van der Waals surface area contributed by atoms with Gasteiger partial charge in [0.25, 0.3) is 17.4 Å². The molecule has 7 nitrogen and oxygen atoms in total. The number of fused-ring (bicyclic) bond motifs is 1. The standard InChI is InChI=1S/C19H21N3O4/c1-4-22-16-15(7-6-12-20-16)26-19(3,18(22)24)17(23)21-13-8-10-14(11-9-13)25-5-2/h6-12H,4-5H2,1-3H3,(H,21,23). The fourth-order valence-corrected chi connectivity index (χ4v) is 2.77. The summed E-state index contributed by atoms with van der Waals surface area (Å²) in [6.45, 7) is 6.14. The maximum Gasteiger partial charge on any atom is 0.282 e. The van der Waals surface area contributed by atoms with Crippen LogP contribution < -0.4 is 19.7 Å². The number of hydrogen-bond donors (Lipinski definition) is 1. The molecule has 26 heavy (non-hydrogen) atoms. The van der Waals surface area contributed by atoms with Crippen LogP contribution in [0.15, 0.2) is 42.6 Å². The molecule has 0 fully saturated rings. The van der Waals surface area contributed by atoms with E-state index in [1.165, 1.54) is 11.8 Å². The molecule has 1 N–H and O–H groups in total. The van der Waals surface area contributed by atoms with Crippen molar-refractivity contribution in [2.45, 2.75) is 26.4 Å². The first-order valence-electron chi connectivity index (χ1n) is 8.50. The van der Waals surface area contributed by atoms with Crippen molar-refractivity contribution in [2.75, 3.05) is 23.4 Å². The van der Waals surface area contributed by atoms with Crippen LogP contribution in [-0.4, -0.2) is 35.6 Å². The van der Waals surface area contributed by atoms with Gasteiger partial charge in [-0.15, -0.1) is 0 Å². The van der Waals surface area contributed by atoms with Crippen LogP contribution in [0, 0.1) is 0 Å². The lowest BCUT2D eigenvalue weighted by molar-refractivity contribution is -0.145. The van der Waals surface area contributed by atoms with Gasteiger partial charge >= 0.3 is 0 Å². The molecule has 2 heterocycles. The predicted octanol–water partition coefficient (Wildman–Crippen LogP) is 2.62. The molecule has 7 heteroatoms. The number of rotatable bonds is 5. The molecule has 136 valence electrons. The Morgan fingerprint density at radius 3 is 2.65 bits per heavy atom. The largest absolute Gasteiger partial charge is 0.494 e. The van der Waals surface area contributed by atoms with Crippen LogP contribution in [0.25, 0.3) is 0 Å². The zero-order chi connectivity index (χ0) is 18.7. The van der Waals surface area contributed by atoms with E-state index in [1.807, 2.05) is 13.8 Å². The Hall–Kier alpha value is -3.09.